The molecule has 6 nitrogen and oxygen atoms in total. The van der Waals surface area contributed by atoms with Crippen molar-refractivity contribution in [2.24, 2.45) is 0 Å². The number of ether oxygens (including phenoxy) is 1. The van der Waals surface area contributed by atoms with Gasteiger partial charge in [0.1, 0.15) is 11.4 Å². The number of hydrogen-bond acceptors (Lipinski definition) is 4. The molecule has 0 aliphatic rings. The van der Waals surface area contributed by atoms with Crippen LogP contribution < -0.4 is 10.2 Å². The van der Waals surface area contributed by atoms with E-state index in [-0.39, 0.29) is 11.1 Å². The van der Waals surface area contributed by atoms with Crippen LogP contribution in [0.15, 0.2) is 41.2 Å². The van der Waals surface area contributed by atoms with Crippen LogP contribution >= 0.6 is 0 Å². The van der Waals surface area contributed by atoms with Gasteiger partial charge in [-0.1, -0.05) is 0 Å². The molecule has 0 saturated carbocycles. The number of nitrogens with zero attached hydrogens (tertiary/aromatic N) is 2. The first-order chi connectivity index (χ1) is 10.5. The van der Waals surface area contributed by atoms with Crippen LogP contribution in [-0.2, 0) is 4.79 Å². The first-order valence-electron chi connectivity index (χ1n) is 6.76. The first kappa shape index (κ1) is 15.5. The van der Waals surface area contributed by atoms with Gasteiger partial charge in [-0.25, -0.2) is 9.48 Å². The Morgan fingerprint density at radius 1 is 1.36 bits per heavy atom. The van der Waals surface area contributed by atoms with Crippen molar-refractivity contribution in [2.45, 2.75) is 13.8 Å². The third-order valence-electron chi connectivity index (χ3n) is 2.91. The Morgan fingerprint density at radius 2 is 2.05 bits per heavy atom. The second-order valence-electron chi connectivity index (χ2n) is 4.55. The lowest BCUT2D eigenvalue weighted by Gasteiger charge is -2.11. The number of benzene rings is 1. The van der Waals surface area contributed by atoms with Gasteiger partial charge in [-0.15, -0.1) is 0 Å². The second-order valence-corrected chi connectivity index (χ2v) is 4.55. The summed E-state index contributed by atoms with van der Waals surface area (Å²) in [6, 6.07) is 8.68. The molecule has 0 saturated heterocycles. The van der Waals surface area contributed by atoms with E-state index >= 15 is 0 Å². The maximum absolute atomic E-state index is 11.8. The number of carboxylic acids is 1. The summed E-state index contributed by atoms with van der Waals surface area (Å²) in [5.74, 6) is -0.384. The van der Waals surface area contributed by atoms with E-state index in [0.717, 1.165) is 17.5 Å². The van der Waals surface area contributed by atoms with Crippen molar-refractivity contribution in [3.05, 3.63) is 58.0 Å². The maximum atomic E-state index is 11.8. The molecule has 0 unspecified atom stereocenters. The van der Waals surface area contributed by atoms with Gasteiger partial charge in [-0.3, -0.25) is 4.79 Å². The second kappa shape index (κ2) is 6.71. The van der Waals surface area contributed by atoms with E-state index in [0.29, 0.717) is 12.3 Å². The van der Waals surface area contributed by atoms with E-state index in [2.05, 4.69) is 5.10 Å². The van der Waals surface area contributed by atoms with Crippen LogP contribution in [0, 0.1) is 6.92 Å². The minimum absolute atomic E-state index is 0.0712. The molecule has 2 rings (SSSR count). The molecule has 1 N–H and O–H groups in total. The van der Waals surface area contributed by atoms with Crippen LogP contribution in [0.25, 0.3) is 11.8 Å². The molecule has 0 aliphatic carbocycles. The number of aliphatic carboxylic acids is 1. The predicted molar refractivity (Wildman–Crippen MR) is 82.4 cm³/mol. The van der Waals surface area contributed by atoms with Gasteiger partial charge in [0.15, 0.2) is 0 Å². The van der Waals surface area contributed by atoms with Gasteiger partial charge in [0, 0.05) is 17.8 Å². The Kier molecular flexibility index (Phi) is 4.73. The SMILES string of the molecule is CCOc1ccc(-n2nc(/C=C/C(=O)O)c(=O)cc2C)cc1. The van der Waals surface area contributed by atoms with Gasteiger partial charge in [-0.05, 0) is 44.2 Å². The molecule has 0 atom stereocenters. The van der Waals surface area contributed by atoms with Crippen LogP contribution in [0.2, 0.25) is 0 Å². The minimum Gasteiger partial charge on any atom is -0.494 e. The molecule has 0 spiro atoms. The average molecular weight is 300 g/mol. The molecular weight excluding hydrogens is 284 g/mol. The van der Waals surface area contributed by atoms with E-state index in [4.69, 9.17) is 9.84 Å². The van der Waals surface area contributed by atoms with Crippen molar-refractivity contribution in [1.82, 2.24) is 9.78 Å². The summed E-state index contributed by atoms with van der Waals surface area (Å²) in [4.78, 5) is 22.4. The van der Waals surface area contributed by atoms with E-state index in [9.17, 15) is 9.59 Å². The first-order valence-corrected chi connectivity index (χ1v) is 6.76. The number of rotatable bonds is 5. The molecule has 114 valence electrons. The Balaban J connectivity index is 2.43. The van der Waals surface area contributed by atoms with Crippen molar-refractivity contribution in [3.63, 3.8) is 0 Å². The Bertz CT molecular complexity index is 761. The number of aryl methyl sites for hydroxylation is 1. The molecule has 0 radical (unpaired) electrons. The fourth-order valence-electron chi connectivity index (χ4n) is 1.94. The number of hydrogen-bond donors (Lipinski definition) is 1. The van der Waals surface area contributed by atoms with Crippen molar-refractivity contribution in [1.29, 1.82) is 0 Å². The Labute approximate surface area is 127 Å². The predicted octanol–water partition coefficient (Wildman–Crippen LogP) is 2.04. The summed E-state index contributed by atoms with van der Waals surface area (Å²) < 4.78 is 6.96. The normalized spacial score (nSPS) is 10.8. The van der Waals surface area contributed by atoms with Crippen LogP contribution in [0.1, 0.15) is 18.3 Å². The summed E-state index contributed by atoms with van der Waals surface area (Å²) in [5.41, 5.74) is 1.16. The van der Waals surface area contributed by atoms with Crippen molar-refractivity contribution in [2.75, 3.05) is 6.61 Å². The van der Waals surface area contributed by atoms with E-state index in [1.807, 2.05) is 31.2 Å². The molecule has 1 heterocycles. The van der Waals surface area contributed by atoms with Gasteiger partial charge in [0.2, 0.25) is 5.43 Å². The van der Waals surface area contributed by atoms with Crippen LogP contribution in [0.5, 0.6) is 5.75 Å². The largest absolute Gasteiger partial charge is 0.494 e. The molecule has 6 heteroatoms. The lowest BCUT2D eigenvalue weighted by molar-refractivity contribution is -0.131. The Morgan fingerprint density at radius 3 is 2.64 bits per heavy atom. The molecule has 2 aromatic rings. The molecule has 0 aliphatic heterocycles. The molecule has 0 amide bonds. The zero-order valence-corrected chi connectivity index (χ0v) is 12.3. The highest BCUT2D eigenvalue weighted by atomic mass is 16.5. The summed E-state index contributed by atoms with van der Waals surface area (Å²) in [7, 11) is 0. The number of carboxylic acid groups (broad SMARTS) is 1. The van der Waals surface area contributed by atoms with Crippen LogP contribution in [-0.4, -0.2) is 27.5 Å². The fraction of sp³-hybridized carbons (Fsp3) is 0.188. The standard InChI is InChI=1S/C16H16N2O4/c1-3-22-13-6-4-12(5-7-13)18-11(2)10-15(19)14(17-18)8-9-16(20)21/h4-10H,3H2,1-2H3,(H,20,21)/b9-8+. The molecule has 0 bridgehead atoms. The third kappa shape index (κ3) is 3.60. The minimum atomic E-state index is -1.13. The van der Waals surface area contributed by atoms with Gasteiger partial charge in [0.25, 0.3) is 0 Å². The van der Waals surface area contributed by atoms with Gasteiger partial charge >= 0.3 is 5.97 Å². The van der Waals surface area contributed by atoms with E-state index in [1.54, 1.807) is 11.6 Å². The average Bonchev–Trinajstić information content (AvgIpc) is 2.47. The highest BCUT2D eigenvalue weighted by molar-refractivity contribution is 5.84. The zero-order valence-electron chi connectivity index (χ0n) is 12.3. The molecule has 1 aromatic heterocycles. The number of aromatic nitrogens is 2. The zero-order chi connectivity index (χ0) is 16.1. The van der Waals surface area contributed by atoms with Gasteiger partial charge in [-0.2, -0.15) is 5.10 Å². The lowest BCUT2D eigenvalue weighted by atomic mass is 10.2. The van der Waals surface area contributed by atoms with E-state index < -0.39 is 5.97 Å². The summed E-state index contributed by atoms with van der Waals surface area (Å²) >= 11 is 0. The topological polar surface area (TPSA) is 81.4 Å². The van der Waals surface area contributed by atoms with Crippen molar-refractivity contribution in [3.8, 4) is 11.4 Å². The quantitative estimate of drug-likeness (QED) is 0.855. The highest BCUT2D eigenvalue weighted by Gasteiger charge is 2.06. The molecule has 22 heavy (non-hydrogen) atoms. The van der Waals surface area contributed by atoms with Crippen LogP contribution in [0.4, 0.5) is 0 Å². The fourth-order valence-corrected chi connectivity index (χ4v) is 1.94. The highest BCUT2D eigenvalue weighted by Crippen LogP contribution is 2.15. The van der Waals surface area contributed by atoms with Crippen molar-refractivity contribution >= 4 is 12.0 Å². The monoisotopic (exact) mass is 300 g/mol. The maximum Gasteiger partial charge on any atom is 0.328 e. The summed E-state index contributed by atoms with van der Waals surface area (Å²) in [5, 5.41) is 12.9. The van der Waals surface area contributed by atoms with Gasteiger partial charge < -0.3 is 9.84 Å². The third-order valence-corrected chi connectivity index (χ3v) is 2.91. The molecular formula is C16H16N2O4. The van der Waals surface area contributed by atoms with Crippen LogP contribution in [0.3, 0.4) is 0 Å². The van der Waals surface area contributed by atoms with Gasteiger partial charge in [0.05, 0.1) is 12.3 Å². The van der Waals surface area contributed by atoms with E-state index in [1.165, 1.54) is 12.1 Å². The summed E-state index contributed by atoms with van der Waals surface area (Å²) in [6.07, 6.45) is 2.08. The molecule has 0 fully saturated rings. The molecule has 1 aromatic carbocycles. The smallest absolute Gasteiger partial charge is 0.328 e. The Hall–Kier alpha value is -2.89. The lowest BCUT2D eigenvalue weighted by Crippen LogP contribution is -2.16. The number of carbonyl (C=O) groups is 1. The van der Waals surface area contributed by atoms with Crippen molar-refractivity contribution < 1.29 is 14.6 Å². The summed E-state index contributed by atoms with van der Waals surface area (Å²) in [6.45, 7) is 4.25.